The second kappa shape index (κ2) is 34.5. The summed E-state index contributed by atoms with van der Waals surface area (Å²) < 4.78 is 51.9. The van der Waals surface area contributed by atoms with Crippen LogP contribution in [0.5, 0.6) is 5.75 Å². The highest BCUT2D eigenvalue weighted by atomic mass is 19.1. The van der Waals surface area contributed by atoms with Crippen molar-refractivity contribution in [1.29, 1.82) is 0 Å². The Morgan fingerprint density at radius 2 is 1.55 bits per heavy atom. The molecule has 0 spiro atoms. The second-order valence-electron chi connectivity index (χ2n) is 28.2. The smallest absolute Gasteiger partial charge is 0.407 e. The number of aliphatic hydroxyl groups excluding tert-OH is 3. The van der Waals surface area contributed by atoms with Crippen LogP contribution >= 0.6 is 0 Å². The number of anilines is 1. The van der Waals surface area contributed by atoms with E-state index in [1.165, 1.54) is 34.9 Å². The molecule has 4 aromatic carbocycles. The van der Waals surface area contributed by atoms with Crippen LogP contribution in [0, 0.1) is 12.7 Å². The van der Waals surface area contributed by atoms with Gasteiger partial charge < -0.3 is 90.0 Å². The fourth-order valence-electron chi connectivity index (χ4n) is 14.8. The van der Waals surface area contributed by atoms with Gasteiger partial charge in [0.2, 0.25) is 35.8 Å². The number of alkyl carbamates (subject to hydrolysis) is 1. The van der Waals surface area contributed by atoms with Crippen molar-refractivity contribution in [3.05, 3.63) is 145 Å². The number of hydrogen-bond acceptors (Lipinski definition) is 22. The summed E-state index contributed by atoms with van der Waals surface area (Å²) >= 11 is 0. The normalized spacial score (nSPS) is 19.6. The number of carbonyl (C=O) groups excluding carboxylic acids is 7. The molecule has 6 amide bonds. The standard InChI is InChI=1S/C78H90FN11O20/c1-6-78(104)51-34-57-65-49(38-89(57)73(99)50(51)40-107-76(78)102)64-53(24-23-46-42(4)52(79)35-55(84-65)63(46)64)85-77(103)108-39-43-22-25-58(109-75-70(97)68(95)69(96)71(110-75)74(100)101)45(33-43)36-82-59(91)26-29-81-72(98)54(18-13-14-28-80-60(92)27-30-106-32-31-105-5)83-61(93)20-11-12-21-62(94)88-37-44-15-7-8-16-47(44)67-66(86-87-90(67)41(2)3)48-17-9-10-19-56(48)88/h7-10,15-17,19,22,25,33-35,41,53-54,68-71,75,95-97,104H,6,11-14,18,20-21,23-24,26-32,36-40H2,1-5H3,(H,80,92)(H,81,98)(H,82,91)(H,83,93)(H,85,103)(H,100,101)/t53?,54-,68-,69-,70+,71-,75+,78-/m0/s1. The van der Waals surface area contributed by atoms with Crippen molar-refractivity contribution >= 4 is 64.2 Å². The quantitative estimate of drug-likeness (QED) is 0.0195. The third-order valence-corrected chi connectivity index (χ3v) is 20.7. The first-order valence-electron chi connectivity index (χ1n) is 37.0. The fraction of sp³-hybridized carbons (Fsp3) is 0.462. The Labute approximate surface area is 631 Å². The highest BCUT2D eigenvalue weighted by molar-refractivity contribution is 6.00. The van der Waals surface area contributed by atoms with Gasteiger partial charge in [0, 0.05) is 97.7 Å². The van der Waals surface area contributed by atoms with E-state index in [0.717, 1.165) is 22.4 Å². The van der Waals surface area contributed by atoms with E-state index in [2.05, 4.69) is 36.9 Å². The van der Waals surface area contributed by atoms with Gasteiger partial charge >= 0.3 is 18.0 Å². The van der Waals surface area contributed by atoms with Crippen molar-refractivity contribution in [1.82, 2.24) is 51.1 Å². The van der Waals surface area contributed by atoms with E-state index in [4.69, 9.17) is 33.4 Å². The number of carboxylic acids is 1. The minimum absolute atomic E-state index is 0.0122. The molecule has 0 radical (unpaired) electrons. The number of methoxy groups -OCH3 is 1. The molecule has 5 aliphatic rings. The lowest BCUT2D eigenvalue weighted by Crippen LogP contribution is -2.61. The molecule has 1 unspecified atom stereocenters. The van der Waals surface area contributed by atoms with E-state index in [-0.39, 0.29) is 142 Å². The number of rotatable bonds is 31. The number of aliphatic carboxylic acids is 1. The number of halogens is 1. The van der Waals surface area contributed by atoms with E-state index in [0.29, 0.717) is 95.6 Å². The van der Waals surface area contributed by atoms with E-state index >= 15 is 4.39 Å². The summed E-state index contributed by atoms with van der Waals surface area (Å²) in [5.74, 6) is -5.26. The monoisotopic (exact) mass is 1520 g/mol. The molecule has 1 saturated heterocycles. The summed E-state index contributed by atoms with van der Waals surface area (Å²) in [6, 6.07) is 20.7. The number of pyridine rings is 2. The minimum atomic E-state index is -2.11. The first kappa shape index (κ1) is 79.0. The molecular weight excluding hydrogens is 1430 g/mol. The second-order valence-corrected chi connectivity index (χ2v) is 28.2. The Kier molecular flexibility index (Phi) is 24.8. The fourth-order valence-corrected chi connectivity index (χ4v) is 14.8. The zero-order valence-corrected chi connectivity index (χ0v) is 61.6. The van der Waals surface area contributed by atoms with Gasteiger partial charge in [-0.2, -0.15) is 0 Å². The van der Waals surface area contributed by atoms with Crippen LogP contribution in [0.1, 0.15) is 154 Å². The minimum Gasteiger partial charge on any atom is -0.479 e. The number of fused-ring (bicyclic) bond motifs is 10. The number of nitrogens with one attached hydrogen (secondary N) is 5. The van der Waals surface area contributed by atoms with Crippen LogP contribution in [-0.4, -0.2) is 174 Å². The van der Waals surface area contributed by atoms with Gasteiger partial charge in [0.25, 0.3) is 5.56 Å². The van der Waals surface area contributed by atoms with Crippen molar-refractivity contribution in [2.24, 2.45) is 0 Å². The first-order valence-corrected chi connectivity index (χ1v) is 37.0. The number of ether oxygens (including phenoxy) is 6. The van der Waals surface area contributed by atoms with E-state index in [1.54, 1.807) is 25.9 Å². The number of esters is 1. The van der Waals surface area contributed by atoms with E-state index in [9.17, 15) is 68.7 Å². The van der Waals surface area contributed by atoms with Crippen LogP contribution in [0.2, 0.25) is 0 Å². The van der Waals surface area contributed by atoms with Crippen LogP contribution in [0.3, 0.4) is 0 Å². The molecule has 3 aromatic heterocycles. The summed E-state index contributed by atoms with van der Waals surface area (Å²) in [6.07, 6.45) is -8.86. The molecule has 8 atom stereocenters. The lowest BCUT2D eigenvalue weighted by Gasteiger charge is -2.38. The molecule has 32 heteroatoms. The highest BCUT2D eigenvalue weighted by Crippen LogP contribution is 2.47. The number of hydrogen-bond donors (Lipinski definition) is 10. The number of benzene rings is 4. The Hall–Kier alpha value is -10.6. The molecule has 4 aliphatic heterocycles. The number of carboxylic acid groups (broad SMARTS) is 1. The number of aromatic nitrogens is 5. The summed E-state index contributed by atoms with van der Waals surface area (Å²) in [5, 5.41) is 77.2. The molecule has 1 fully saturated rings. The molecular formula is C78H90FN11O20. The third-order valence-electron chi connectivity index (χ3n) is 20.7. The predicted octanol–water partition coefficient (Wildman–Crippen LogP) is 5.27. The summed E-state index contributed by atoms with van der Waals surface area (Å²) in [7, 11) is 1.54. The van der Waals surface area contributed by atoms with Gasteiger partial charge in [0.15, 0.2) is 11.7 Å². The van der Waals surface area contributed by atoms with Crippen LogP contribution in [0.4, 0.5) is 14.9 Å². The maximum Gasteiger partial charge on any atom is 0.407 e. The Morgan fingerprint density at radius 1 is 0.791 bits per heavy atom. The van der Waals surface area contributed by atoms with Crippen molar-refractivity contribution < 1.29 is 96.7 Å². The topological polar surface area (TPSA) is 422 Å². The Morgan fingerprint density at radius 3 is 2.33 bits per heavy atom. The summed E-state index contributed by atoms with van der Waals surface area (Å²) in [4.78, 5) is 128. The van der Waals surface area contributed by atoms with Gasteiger partial charge in [-0.05, 0) is 124 Å². The number of carbonyl (C=O) groups is 8. The van der Waals surface area contributed by atoms with Crippen molar-refractivity contribution in [2.75, 3.05) is 44.9 Å². The molecule has 1 aliphatic carbocycles. The van der Waals surface area contributed by atoms with Crippen LogP contribution in [0.25, 0.3) is 44.8 Å². The molecule has 0 bridgehead atoms. The zero-order valence-electron chi connectivity index (χ0n) is 61.6. The summed E-state index contributed by atoms with van der Waals surface area (Å²) in [6.45, 7) is 7.41. The number of cyclic esters (lactones) is 1. The van der Waals surface area contributed by atoms with Gasteiger partial charge in [-0.25, -0.2) is 28.4 Å². The van der Waals surface area contributed by atoms with Crippen molar-refractivity contribution in [3.63, 3.8) is 0 Å². The Bertz CT molecular complexity index is 4760. The lowest BCUT2D eigenvalue weighted by atomic mass is 9.81. The highest BCUT2D eigenvalue weighted by Gasteiger charge is 2.49. The number of para-hydroxylation sites is 1. The van der Waals surface area contributed by atoms with Gasteiger partial charge in [0.05, 0.1) is 72.8 Å². The number of aliphatic hydroxyl groups is 4. The number of amides is 6. The van der Waals surface area contributed by atoms with Gasteiger partial charge in [0.1, 0.15) is 54.8 Å². The molecule has 31 nitrogen and oxygen atoms in total. The molecule has 12 rings (SSSR count). The Balaban J connectivity index is 0.698. The predicted molar refractivity (Wildman–Crippen MR) is 392 cm³/mol. The number of nitrogens with zero attached hydrogens (tertiary/aromatic N) is 6. The maximum atomic E-state index is 15.7. The molecule has 110 heavy (non-hydrogen) atoms. The van der Waals surface area contributed by atoms with Crippen LogP contribution in [0.15, 0.2) is 83.7 Å². The summed E-state index contributed by atoms with van der Waals surface area (Å²) in [5.41, 5.74) is 5.77. The maximum absolute atomic E-state index is 15.7. The zero-order chi connectivity index (χ0) is 78.2. The van der Waals surface area contributed by atoms with Crippen LogP contribution in [-0.2, 0) is 102 Å². The van der Waals surface area contributed by atoms with E-state index < -0.39 is 102 Å². The third kappa shape index (κ3) is 16.8. The van der Waals surface area contributed by atoms with Gasteiger partial charge in [-0.1, -0.05) is 60.7 Å². The molecule has 584 valence electrons. The number of aryl methyl sites for hydroxylation is 1. The van der Waals surface area contributed by atoms with Crippen molar-refractivity contribution in [2.45, 2.75) is 192 Å². The largest absolute Gasteiger partial charge is 0.479 e. The van der Waals surface area contributed by atoms with Crippen molar-refractivity contribution in [3.8, 4) is 39.7 Å². The molecule has 7 aromatic rings. The molecule has 10 N–H and O–H groups in total. The molecule has 0 saturated carbocycles. The average Bonchev–Trinajstić information content (AvgIpc) is 1.51. The van der Waals surface area contributed by atoms with E-state index in [1.807, 2.05) is 67.1 Å². The molecule has 7 heterocycles. The van der Waals surface area contributed by atoms with Gasteiger partial charge in [-0.15, -0.1) is 5.10 Å². The first-order chi connectivity index (χ1) is 52.9. The number of unbranched alkanes of at least 4 members (excludes halogenated alkanes) is 2. The lowest BCUT2D eigenvalue weighted by molar-refractivity contribution is -0.271. The van der Waals surface area contributed by atoms with Crippen LogP contribution < -0.4 is 41.8 Å². The average molecular weight is 1520 g/mol. The SMILES string of the molecule is CC[C@@]1(O)C(=O)OCc2c1cc1n(c2=O)Cc2c-1nc1cc(F)c(C)c3c1c2C(NC(=O)OCc1ccc(O[C@@H]2O[C@H](C(=O)O)[C@@H](O)[C@H](O)[C@H]2O)c(CNC(=O)CCNC(=O)[C@H](CCCCNC(=O)CCOCCOC)NC(=O)CCCCC(=O)N2Cc4ccccc4-c4c(nnn4C(C)C)-c4ccccc42)c1)CC3. The van der Waals surface area contributed by atoms with Gasteiger partial charge in [-0.3, -0.25) is 28.8 Å².